The molecule has 0 bridgehead atoms. The highest BCUT2D eigenvalue weighted by Gasteiger charge is 2.37. The fraction of sp³-hybridized carbons (Fsp3) is 0.348. The number of rotatable bonds is 5. The molecule has 3 aromatic rings. The van der Waals surface area contributed by atoms with Gasteiger partial charge in [-0.2, -0.15) is 0 Å². The van der Waals surface area contributed by atoms with Gasteiger partial charge in [0.05, 0.1) is 5.54 Å². The van der Waals surface area contributed by atoms with Gasteiger partial charge in [-0.1, -0.05) is 31.7 Å². The van der Waals surface area contributed by atoms with Crippen molar-refractivity contribution in [1.29, 1.82) is 0 Å². The Hall–Kier alpha value is -2.31. The molecule has 1 atom stereocenters. The molecule has 0 fully saturated rings. The van der Waals surface area contributed by atoms with Crippen LogP contribution >= 0.6 is 11.8 Å². The van der Waals surface area contributed by atoms with Gasteiger partial charge < -0.3 is 15.1 Å². The third kappa shape index (κ3) is 4.05. The molecule has 6 heteroatoms. The normalized spacial score (nSPS) is 18.8. The fourth-order valence-electron chi connectivity index (χ4n) is 3.71. The minimum atomic E-state index is -0.451. The van der Waals surface area contributed by atoms with Crippen LogP contribution < -0.4 is 10.6 Å². The lowest BCUT2D eigenvalue weighted by Gasteiger charge is -2.34. The summed E-state index contributed by atoms with van der Waals surface area (Å²) in [5, 5.41) is 7.64. The maximum Gasteiger partial charge on any atom is 0.222 e. The number of hydrogen-bond acceptors (Lipinski definition) is 4. The fourth-order valence-corrected chi connectivity index (χ4v) is 4.60. The maximum absolute atomic E-state index is 13.5. The Morgan fingerprint density at radius 1 is 1.31 bits per heavy atom. The number of carbonyl (C=O) groups excluding carboxylic acids is 1. The molecule has 0 saturated carbocycles. The van der Waals surface area contributed by atoms with Crippen LogP contribution in [0.4, 0.5) is 4.39 Å². The molecular weight excluding hydrogens is 387 g/mol. The number of fused-ring (bicyclic) bond motifs is 3. The summed E-state index contributed by atoms with van der Waals surface area (Å²) in [6.07, 6.45) is 0.881. The Kier molecular flexibility index (Phi) is 5.40. The Morgan fingerprint density at radius 2 is 2.10 bits per heavy atom. The van der Waals surface area contributed by atoms with Crippen molar-refractivity contribution in [3.8, 4) is 0 Å². The van der Waals surface area contributed by atoms with Gasteiger partial charge in [0.15, 0.2) is 0 Å². The van der Waals surface area contributed by atoms with Gasteiger partial charge in [-0.05, 0) is 49.7 Å². The highest BCUT2D eigenvalue weighted by Crippen LogP contribution is 2.38. The first-order valence-electron chi connectivity index (χ1n) is 9.88. The molecule has 0 radical (unpaired) electrons. The third-order valence-electron chi connectivity index (χ3n) is 5.33. The zero-order valence-corrected chi connectivity index (χ0v) is 17.7. The lowest BCUT2D eigenvalue weighted by molar-refractivity contribution is -0.124. The summed E-state index contributed by atoms with van der Waals surface area (Å²) in [6.45, 7) is 7.14. The lowest BCUT2D eigenvalue weighted by atomic mass is 9.89. The molecule has 1 amide bonds. The molecule has 2 aromatic carbocycles. The van der Waals surface area contributed by atoms with Gasteiger partial charge in [0.2, 0.25) is 5.91 Å². The zero-order chi connectivity index (χ0) is 20.6. The van der Waals surface area contributed by atoms with E-state index in [4.69, 9.17) is 4.42 Å². The minimum Gasteiger partial charge on any atom is -0.459 e. The number of amides is 1. The Labute approximate surface area is 177 Å². The largest absolute Gasteiger partial charge is 0.459 e. The van der Waals surface area contributed by atoms with Crippen molar-refractivity contribution in [2.75, 3.05) is 13.1 Å². The van der Waals surface area contributed by atoms with Gasteiger partial charge in [-0.25, -0.2) is 4.39 Å². The van der Waals surface area contributed by atoms with Crippen molar-refractivity contribution < 1.29 is 16.5 Å². The van der Waals surface area contributed by atoms with E-state index >= 15 is 0 Å². The summed E-state index contributed by atoms with van der Waals surface area (Å²) in [6, 6.07) is 12.7. The van der Waals surface area contributed by atoms with E-state index in [1.54, 1.807) is 6.07 Å². The van der Waals surface area contributed by atoms with Crippen molar-refractivity contribution in [3.05, 3.63) is 59.6 Å². The molecule has 1 aliphatic rings. The molecule has 0 spiro atoms. The summed E-state index contributed by atoms with van der Waals surface area (Å²) in [7, 11) is 0. The first-order valence-corrected chi connectivity index (χ1v) is 10.7. The molecule has 156 valence electrons. The zero-order valence-electron chi connectivity index (χ0n) is 16.8. The van der Waals surface area contributed by atoms with Gasteiger partial charge in [0, 0.05) is 42.6 Å². The summed E-state index contributed by atoms with van der Waals surface area (Å²) < 4.78 is 19.8. The molecule has 4 nitrogen and oxygen atoms in total. The molecule has 29 heavy (non-hydrogen) atoms. The highest BCUT2D eigenvalue weighted by molar-refractivity contribution is 7.99. The topological polar surface area (TPSA) is 54.3 Å². The van der Waals surface area contributed by atoms with Crippen LogP contribution in [0.25, 0.3) is 11.0 Å². The van der Waals surface area contributed by atoms with Crippen LogP contribution in [0.15, 0.2) is 56.7 Å². The minimum absolute atomic E-state index is 0. The molecule has 4 rings (SSSR count). The van der Waals surface area contributed by atoms with Gasteiger partial charge >= 0.3 is 0 Å². The molecule has 2 N–H and O–H groups in total. The highest BCUT2D eigenvalue weighted by atomic mass is 32.2. The number of hydrogen-bond donors (Lipinski definition) is 2. The number of furan rings is 1. The molecule has 0 saturated heterocycles. The van der Waals surface area contributed by atoms with Crippen molar-refractivity contribution in [2.45, 2.75) is 42.5 Å². The summed E-state index contributed by atoms with van der Waals surface area (Å²) in [4.78, 5) is 13.9. The second kappa shape index (κ2) is 7.84. The third-order valence-corrected chi connectivity index (χ3v) is 6.31. The van der Waals surface area contributed by atoms with E-state index in [0.717, 1.165) is 39.5 Å². The standard InChI is InChI=1S/C23H25FN2O2S.2H2/c1-14(2)22(27)25-13-23(3)21-19(9-10-26-23)18-8-7-17(12-20(18)28-21)29-16-6-4-5-15(24)11-16;;/h4-8,11-12,14,26H,9-10,13H2,1-3H3,(H,25,27);2*1H. The Morgan fingerprint density at radius 3 is 2.86 bits per heavy atom. The maximum atomic E-state index is 13.5. The number of carbonyl (C=O) groups is 1. The van der Waals surface area contributed by atoms with E-state index in [0.29, 0.717) is 6.54 Å². The van der Waals surface area contributed by atoms with Gasteiger partial charge in [-0.15, -0.1) is 0 Å². The second-order valence-corrected chi connectivity index (χ2v) is 9.16. The van der Waals surface area contributed by atoms with Crippen LogP contribution in [0.1, 0.15) is 34.9 Å². The monoisotopic (exact) mass is 416 g/mol. The Balaban J connectivity index is 0.00000171. The first kappa shape index (κ1) is 20.0. The van der Waals surface area contributed by atoms with Crippen LogP contribution in [0.2, 0.25) is 0 Å². The molecule has 2 heterocycles. The van der Waals surface area contributed by atoms with Crippen LogP contribution in [-0.2, 0) is 16.8 Å². The van der Waals surface area contributed by atoms with E-state index in [1.807, 2.05) is 32.0 Å². The molecule has 0 aliphatic carbocycles. The quantitative estimate of drug-likeness (QED) is 0.589. The Bertz CT molecular complexity index is 1070. The van der Waals surface area contributed by atoms with E-state index in [2.05, 4.69) is 23.6 Å². The van der Waals surface area contributed by atoms with Gasteiger partial charge in [0.1, 0.15) is 17.2 Å². The first-order chi connectivity index (χ1) is 13.9. The number of benzene rings is 2. The summed E-state index contributed by atoms with van der Waals surface area (Å²) in [5.41, 5.74) is 1.57. The average Bonchev–Trinajstić information content (AvgIpc) is 3.06. The average molecular weight is 417 g/mol. The lowest BCUT2D eigenvalue weighted by Crippen LogP contribution is -2.52. The van der Waals surface area contributed by atoms with Crippen molar-refractivity contribution in [2.24, 2.45) is 5.92 Å². The van der Waals surface area contributed by atoms with Gasteiger partial charge in [-0.3, -0.25) is 4.79 Å². The molecule has 1 unspecified atom stereocenters. The van der Waals surface area contributed by atoms with Gasteiger partial charge in [0.25, 0.3) is 0 Å². The van der Waals surface area contributed by atoms with E-state index in [9.17, 15) is 9.18 Å². The molecular formula is C23H29FN2O2S. The summed E-state index contributed by atoms with van der Waals surface area (Å²) >= 11 is 1.51. The van der Waals surface area contributed by atoms with E-state index in [-0.39, 0.29) is 20.5 Å². The van der Waals surface area contributed by atoms with Crippen LogP contribution in [0.5, 0.6) is 0 Å². The van der Waals surface area contributed by atoms with Crippen LogP contribution in [0.3, 0.4) is 0 Å². The smallest absolute Gasteiger partial charge is 0.222 e. The van der Waals surface area contributed by atoms with Crippen LogP contribution in [0, 0.1) is 11.7 Å². The second-order valence-electron chi connectivity index (χ2n) is 8.01. The van der Waals surface area contributed by atoms with E-state index < -0.39 is 5.54 Å². The van der Waals surface area contributed by atoms with Crippen molar-refractivity contribution >= 4 is 28.6 Å². The van der Waals surface area contributed by atoms with Crippen molar-refractivity contribution in [3.63, 3.8) is 0 Å². The predicted molar refractivity (Wildman–Crippen MR) is 118 cm³/mol. The van der Waals surface area contributed by atoms with Crippen molar-refractivity contribution in [1.82, 2.24) is 10.6 Å². The van der Waals surface area contributed by atoms with E-state index in [1.165, 1.54) is 29.5 Å². The SMILES string of the molecule is CC(C)C(=O)NCC1(C)NCCc2c1oc1cc(Sc3cccc(F)c3)ccc21.[HH].[HH]. The number of nitrogens with one attached hydrogen (secondary N) is 2. The molecule has 1 aliphatic heterocycles. The summed E-state index contributed by atoms with van der Waals surface area (Å²) in [5.74, 6) is 0.621. The molecule has 1 aromatic heterocycles. The predicted octanol–water partition coefficient (Wildman–Crippen LogP) is 5.35. The number of halogens is 1. The van der Waals surface area contributed by atoms with Crippen LogP contribution in [-0.4, -0.2) is 19.0 Å².